The highest BCUT2D eigenvalue weighted by molar-refractivity contribution is 6.31. The predicted molar refractivity (Wildman–Crippen MR) is 81.3 cm³/mol. The molecule has 0 spiro atoms. The second kappa shape index (κ2) is 5.49. The van der Waals surface area contributed by atoms with Crippen molar-refractivity contribution in [3.63, 3.8) is 0 Å². The summed E-state index contributed by atoms with van der Waals surface area (Å²) >= 11 is 11.9. The first-order valence-corrected chi connectivity index (χ1v) is 6.99. The third-order valence-corrected chi connectivity index (χ3v) is 3.61. The molecule has 0 aliphatic carbocycles. The van der Waals surface area contributed by atoms with Crippen LogP contribution < -0.4 is 0 Å². The molecule has 1 unspecified atom stereocenters. The summed E-state index contributed by atoms with van der Waals surface area (Å²) in [6, 6.07) is 14.6. The minimum absolute atomic E-state index is 0.452. The van der Waals surface area contributed by atoms with Crippen LogP contribution in [0.3, 0.4) is 0 Å². The maximum absolute atomic E-state index is 10.3. The molecular weight excluding hydrogens is 295 g/mol. The molecular formula is C16H12Cl2O2. The molecule has 3 rings (SSSR count). The Kier molecular flexibility index (Phi) is 3.70. The van der Waals surface area contributed by atoms with Crippen molar-refractivity contribution in [2.45, 2.75) is 12.5 Å². The summed E-state index contributed by atoms with van der Waals surface area (Å²) in [5.74, 6) is 0.530. The van der Waals surface area contributed by atoms with Crippen LogP contribution in [0.2, 0.25) is 10.0 Å². The molecule has 2 aromatic carbocycles. The van der Waals surface area contributed by atoms with Gasteiger partial charge in [0.15, 0.2) is 0 Å². The van der Waals surface area contributed by atoms with Gasteiger partial charge in [-0.3, -0.25) is 0 Å². The standard InChI is InChI=1S/C16H12Cl2O2/c17-12-3-1-2-10(6-12)7-14(19)16-9-11-8-13(18)4-5-15(11)20-16/h1-6,8-9,14,19H,7H2. The van der Waals surface area contributed by atoms with Crippen molar-refractivity contribution in [3.8, 4) is 0 Å². The van der Waals surface area contributed by atoms with E-state index in [9.17, 15) is 5.11 Å². The fourth-order valence-corrected chi connectivity index (χ4v) is 2.58. The minimum Gasteiger partial charge on any atom is -0.458 e. The minimum atomic E-state index is -0.709. The number of aliphatic hydroxyl groups is 1. The van der Waals surface area contributed by atoms with Crippen molar-refractivity contribution < 1.29 is 9.52 Å². The van der Waals surface area contributed by atoms with Gasteiger partial charge >= 0.3 is 0 Å². The fourth-order valence-electron chi connectivity index (χ4n) is 2.19. The molecule has 2 nitrogen and oxygen atoms in total. The van der Waals surface area contributed by atoms with E-state index in [1.165, 1.54) is 0 Å². The molecule has 3 aromatic rings. The van der Waals surface area contributed by atoms with E-state index in [0.29, 0.717) is 22.2 Å². The lowest BCUT2D eigenvalue weighted by Gasteiger charge is -2.07. The molecule has 1 N–H and O–H groups in total. The number of benzene rings is 2. The summed E-state index contributed by atoms with van der Waals surface area (Å²) < 4.78 is 5.65. The number of hydrogen-bond donors (Lipinski definition) is 1. The second-order valence-electron chi connectivity index (χ2n) is 4.68. The quantitative estimate of drug-likeness (QED) is 0.737. The molecule has 0 saturated carbocycles. The zero-order valence-corrected chi connectivity index (χ0v) is 12.0. The molecule has 1 atom stereocenters. The van der Waals surface area contributed by atoms with Crippen molar-refractivity contribution >= 4 is 34.2 Å². The van der Waals surface area contributed by atoms with Crippen LogP contribution in [0.4, 0.5) is 0 Å². The summed E-state index contributed by atoms with van der Waals surface area (Å²) in [7, 11) is 0. The molecule has 1 heterocycles. The lowest BCUT2D eigenvalue weighted by molar-refractivity contribution is 0.152. The van der Waals surface area contributed by atoms with Crippen molar-refractivity contribution in [1.82, 2.24) is 0 Å². The van der Waals surface area contributed by atoms with Crippen LogP contribution in [0, 0.1) is 0 Å². The number of furan rings is 1. The van der Waals surface area contributed by atoms with Gasteiger partial charge in [-0.2, -0.15) is 0 Å². The van der Waals surface area contributed by atoms with E-state index in [2.05, 4.69) is 0 Å². The van der Waals surface area contributed by atoms with Crippen LogP contribution in [-0.4, -0.2) is 5.11 Å². The Hall–Kier alpha value is -1.48. The van der Waals surface area contributed by atoms with Crippen LogP contribution in [0.25, 0.3) is 11.0 Å². The molecule has 0 fully saturated rings. The highest BCUT2D eigenvalue weighted by Crippen LogP contribution is 2.28. The topological polar surface area (TPSA) is 33.4 Å². The highest BCUT2D eigenvalue weighted by Gasteiger charge is 2.14. The third-order valence-electron chi connectivity index (χ3n) is 3.14. The summed E-state index contributed by atoms with van der Waals surface area (Å²) in [6.07, 6.45) is -0.256. The molecule has 4 heteroatoms. The van der Waals surface area contributed by atoms with Gasteiger partial charge in [0, 0.05) is 21.9 Å². The molecule has 0 aliphatic rings. The van der Waals surface area contributed by atoms with Gasteiger partial charge in [0.05, 0.1) is 0 Å². The van der Waals surface area contributed by atoms with Crippen molar-refractivity contribution in [2.24, 2.45) is 0 Å². The monoisotopic (exact) mass is 306 g/mol. The van der Waals surface area contributed by atoms with Crippen molar-refractivity contribution in [3.05, 3.63) is 69.9 Å². The fraction of sp³-hybridized carbons (Fsp3) is 0.125. The van der Waals surface area contributed by atoms with Gasteiger partial charge in [0.1, 0.15) is 17.4 Å². The Morgan fingerprint density at radius 3 is 2.60 bits per heavy atom. The van der Waals surface area contributed by atoms with Gasteiger partial charge < -0.3 is 9.52 Å². The summed E-state index contributed by atoms with van der Waals surface area (Å²) in [5.41, 5.74) is 1.68. The summed E-state index contributed by atoms with van der Waals surface area (Å²) in [5, 5.41) is 12.5. The van der Waals surface area contributed by atoms with Crippen molar-refractivity contribution in [2.75, 3.05) is 0 Å². The van der Waals surface area contributed by atoms with Gasteiger partial charge in [-0.1, -0.05) is 35.3 Å². The Morgan fingerprint density at radius 2 is 1.80 bits per heavy atom. The molecule has 1 aromatic heterocycles. The average Bonchev–Trinajstić information content (AvgIpc) is 2.81. The van der Waals surface area contributed by atoms with Crippen LogP contribution in [0.1, 0.15) is 17.4 Å². The van der Waals surface area contributed by atoms with Gasteiger partial charge in [-0.25, -0.2) is 0 Å². The van der Waals surface area contributed by atoms with Crippen LogP contribution in [0.5, 0.6) is 0 Å². The number of halogens is 2. The smallest absolute Gasteiger partial charge is 0.134 e. The first kappa shape index (κ1) is 13.5. The first-order chi connectivity index (χ1) is 9.61. The zero-order valence-electron chi connectivity index (χ0n) is 10.5. The van der Waals surface area contributed by atoms with E-state index in [0.717, 1.165) is 16.5 Å². The number of fused-ring (bicyclic) bond motifs is 1. The van der Waals surface area contributed by atoms with E-state index < -0.39 is 6.10 Å². The number of aliphatic hydroxyl groups excluding tert-OH is 1. The van der Waals surface area contributed by atoms with E-state index in [1.807, 2.05) is 30.3 Å². The lowest BCUT2D eigenvalue weighted by Crippen LogP contribution is -2.00. The molecule has 0 saturated heterocycles. The van der Waals surface area contributed by atoms with Crippen LogP contribution in [0.15, 0.2) is 52.9 Å². The molecule has 0 radical (unpaired) electrons. The highest BCUT2D eigenvalue weighted by atomic mass is 35.5. The van der Waals surface area contributed by atoms with Crippen LogP contribution in [-0.2, 0) is 6.42 Å². The summed E-state index contributed by atoms with van der Waals surface area (Å²) in [4.78, 5) is 0. The third kappa shape index (κ3) is 2.83. The van der Waals surface area contributed by atoms with Crippen molar-refractivity contribution in [1.29, 1.82) is 0 Å². The largest absolute Gasteiger partial charge is 0.458 e. The van der Waals surface area contributed by atoms with E-state index in [1.54, 1.807) is 18.2 Å². The van der Waals surface area contributed by atoms with Crippen LogP contribution >= 0.6 is 23.2 Å². The lowest BCUT2D eigenvalue weighted by atomic mass is 10.1. The number of hydrogen-bond acceptors (Lipinski definition) is 2. The zero-order chi connectivity index (χ0) is 14.1. The Balaban J connectivity index is 1.86. The molecule has 0 amide bonds. The van der Waals surface area contributed by atoms with Gasteiger partial charge in [0.25, 0.3) is 0 Å². The van der Waals surface area contributed by atoms with Gasteiger partial charge in [-0.05, 0) is 42.0 Å². The van der Waals surface area contributed by atoms with Gasteiger partial charge in [0.2, 0.25) is 0 Å². The maximum atomic E-state index is 10.3. The Bertz CT molecular complexity index is 749. The predicted octanol–water partition coefficient (Wildman–Crippen LogP) is 5.02. The average molecular weight is 307 g/mol. The van der Waals surface area contributed by atoms with E-state index in [4.69, 9.17) is 27.6 Å². The SMILES string of the molecule is OC(Cc1cccc(Cl)c1)c1cc2cc(Cl)ccc2o1. The molecule has 102 valence electrons. The summed E-state index contributed by atoms with van der Waals surface area (Å²) in [6.45, 7) is 0. The normalized spacial score (nSPS) is 12.8. The first-order valence-electron chi connectivity index (χ1n) is 6.23. The van der Waals surface area contributed by atoms with E-state index >= 15 is 0 Å². The second-order valence-corrected chi connectivity index (χ2v) is 5.55. The Labute approximate surface area is 126 Å². The molecule has 20 heavy (non-hydrogen) atoms. The molecule has 0 aliphatic heterocycles. The van der Waals surface area contributed by atoms with E-state index in [-0.39, 0.29) is 0 Å². The number of rotatable bonds is 3. The molecule has 0 bridgehead atoms. The Morgan fingerprint density at radius 1 is 1.00 bits per heavy atom. The maximum Gasteiger partial charge on any atom is 0.134 e. The van der Waals surface area contributed by atoms with Gasteiger partial charge in [-0.15, -0.1) is 0 Å².